The molecule has 2 rings (SSSR count). The second-order valence-corrected chi connectivity index (χ2v) is 5.92. The normalized spacial score (nSPS) is 17.3. The van der Waals surface area contributed by atoms with Crippen LogP contribution in [0.3, 0.4) is 0 Å². The Morgan fingerprint density at radius 1 is 1.42 bits per heavy atom. The monoisotopic (exact) mass is 279 g/mol. The van der Waals surface area contributed by atoms with Gasteiger partial charge in [-0.2, -0.15) is 0 Å². The predicted octanol–water partition coefficient (Wildman–Crippen LogP) is 2.20. The first-order valence-electron chi connectivity index (χ1n) is 6.24. The summed E-state index contributed by atoms with van der Waals surface area (Å²) in [6.45, 7) is 3.45. The van der Waals surface area contributed by atoms with E-state index in [4.69, 9.17) is 5.11 Å². The molecular formula is C14H17NO3S. The fourth-order valence-electron chi connectivity index (χ4n) is 2.23. The minimum atomic E-state index is -0.971. The molecule has 0 saturated heterocycles. The number of nitrogens with zero attached hydrogens (tertiary/aromatic N) is 1. The smallest absolute Gasteiger partial charge is 0.323 e. The van der Waals surface area contributed by atoms with Crippen molar-refractivity contribution in [2.75, 3.05) is 12.3 Å². The van der Waals surface area contributed by atoms with Crippen LogP contribution < -0.4 is 0 Å². The Bertz CT molecular complexity index is 501. The maximum atomic E-state index is 12.5. The van der Waals surface area contributed by atoms with Crippen LogP contribution in [0.1, 0.15) is 25.3 Å². The third-order valence-corrected chi connectivity index (χ3v) is 4.39. The Morgan fingerprint density at radius 3 is 2.74 bits per heavy atom. The number of thioether (sulfide) groups is 1. The molecule has 0 radical (unpaired) electrons. The molecule has 0 aliphatic carbocycles. The Kier molecular flexibility index (Phi) is 4.14. The molecule has 1 N–H and O–H groups in total. The number of amides is 1. The van der Waals surface area contributed by atoms with Gasteiger partial charge in [-0.25, -0.2) is 0 Å². The number of carbonyl (C=O) groups is 2. The number of rotatable bonds is 4. The van der Waals surface area contributed by atoms with Gasteiger partial charge < -0.3 is 10.0 Å². The standard InChI is InChI=1S/C14H17NO3S/c1-9(2)15(7-13(16)17)14(18)11-8-19-12-6-4-3-5-10(11)12/h3-6,9,11H,7-8H2,1-2H3,(H,16,17). The van der Waals surface area contributed by atoms with Crippen LogP contribution in [0.25, 0.3) is 0 Å². The van der Waals surface area contributed by atoms with Gasteiger partial charge in [0, 0.05) is 16.7 Å². The van der Waals surface area contributed by atoms with Crippen molar-refractivity contribution in [3.8, 4) is 0 Å². The van der Waals surface area contributed by atoms with Gasteiger partial charge in [0.05, 0.1) is 5.92 Å². The molecule has 1 atom stereocenters. The molecule has 0 aromatic heterocycles. The summed E-state index contributed by atoms with van der Waals surface area (Å²) in [5.74, 6) is -0.583. The molecule has 0 bridgehead atoms. The van der Waals surface area contributed by atoms with Crippen molar-refractivity contribution < 1.29 is 14.7 Å². The Morgan fingerprint density at radius 2 is 2.11 bits per heavy atom. The number of carboxylic acids is 1. The van der Waals surface area contributed by atoms with Crippen LogP contribution in [0.4, 0.5) is 0 Å². The van der Waals surface area contributed by atoms with E-state index in [1.54, 1.807) is 11.8 Å². The number of hydrogen-bond donors (Lipinski definition) is 1. The summed E-state index contributed by atoms with van der Waals surface area (Å²) < 4.78 is 0. The Balaban J connectivity index is 2.22. The first-order valence-corrected chi connectivity index (χ1v) is 7.23. The molecule has 1 amide bonds. The lowest BCUT2D eigenvalue weighted by atomic mass is 9.99. The van der Waals surface area contributed by atoms with Gasteiger partial charge in [0.2, 0.25) is 5.91 Å². The van der Waals surface area contributed by atoms with Gasteiger partial charge in [-0.3, -0.25) is 9.59 Å². The summed E-state index contributed by atoms with van der Waals surface area (Å²) in [6, 6.07) is 7.72. The van der Waals surface area contributed by atoms with E-state index in [1.807, 2.05) is 38.1 Å². The molecule has 1 aromatic carbocycles. The summed E-state index contributed by atoms with van der Waals surface area (Å²) in [5.41, 5.74) is 1.02. The first kappa shape index (κ1) is 13.9. The first-order chi connectivity index (χ1) is 9.00. The van der Waals surface area contributed by atoms with E-state index in [-0.39, 0.29) is 24.4 Å². The van der Waals surface area contributed by atoms with Crippen LogP contribution in [0, 0.1) is 0 Å². The molecule has 1 unspecified atom stereocenters. The van der Waals surface area contributed by atoms with Gasteiger partial charge in [-0.1, -0.05) is 18.2 Å². The van der Waals surface area contributed by atoms with Crippen LogP contribution in [-0.4, -0.2) is 40.2 Å². The lowest BCUT2D eigenvalue weighted by molar-refractivity contribution is -0.146. The van der Waals surface area contributed by atoms with Gasteiger partial charge in [0.25, 0.3) is 0 Å². The number of carbonyl (C=O) groups excluding carboxylic acids is 1. The van der Waals surface area contributed by atoms with E-state index in [0.717, 1.165) is 10.5 Å². The fraction of sp³-hybridized carbons (Fsp3) is 0.429. The van der Waals surface area contributed by atoms with Crippen molar-refractivity contribution in [1.29, 1.82) is 0 Å². The highest BCUT2D eigenvalue weighted by molar-refractivity contribution is 7.99. The van der Waals surface area contributed by atoms with E-state index in [0.29, 0.717) is 5.75 Å². The van der Waals surface area contributed by atoms with Crippen molar-refractivity contribution in [3.05, 3.63) is 29.8 Å². The SMILES string of the molecule is CC(C)N(CC(=O)O)C(=O)C1CSc2ccccc21. The van der Waals surface area contributed by atoms with Crippen LogP contribution in [0.5, 0.6) is 0 Å². The number of aliphatic carboxylic acids is 1. The summed E-state index contributed by atoms with van der Waals surface area (Å²) >= 11 is 1.66. The Labute approximate surface area is 116 Å². The molecule has 1 aromatic rings. The van der Waals surface area contributed by atoms with Gasteiger partial charge in [-0.05, 0) is 25.5 Å². The van der Waals surface area contributed by atoms with Gasteiger partial charge in [-0.15, -0.1) is 11.8 Å². The molecule has 0 spiro atoms. The number of hydrogen-bond acceptors (Lipinski definition) is 3. The molecule has 19 heavy (non-hydrogen) atoms. The lowest BCUT2D eigenvalue weighted by Crippen LogP contribution is -2.43. The second kappa shape index (κ2) is 5.65. The molecule has 102 valence electrons. The molecule has 1 aliphatic rings. The van der Waals surface area contributed by atoms with E-state index in [2.05, 4.69) is 0 Å². The highest BCUT2D eigenvalue weighted by atomic mass is 32.2. The number of benzene rings is 1. The second-order valence-electron chi connectivity index (χ2n) is 4.86. The molecule has 0 saturated carbocycles. The third kappa shape index (κ3) is 2.92. The van der Waals surface area contributed by atoms with Gasteiger partial charge in [0.1, 0.15) is 6.54 Å². The topological polar surface area (TPSA) is 57.6 Å². The van der Waals surface area contributed by atoms with E-state index in [9.17, 15) is 9.59 Å². The predicted molar refractivity (Wildman–Crippen MR) is 74.4 cm³/mol. The summed E-state index contributed by atoms with van der Waals surface area (Å²) in [5, 5.41) is 8.92. The summed E-state index contributed by atoms with van der Waals surface area (Å²) in [6.07, 6.45) is 0. The number of carboxylic acid groups (broad SMARTS) is 1. The molecule has 4 nitrogen and oxygen atoms in total. The van der Waals surface area contributed by atoms with Crippen LogP contribution >= 0.6 is 11.8 Å². The van der Waals surface area contributed by atoms with Crippen molar-refractivity contribution in [2.45, 2.75) is 30.7 Å². The zero-order valence-corrected chi connectivity index (χ0v) is 11.8. The fourth-order valence-corrected chi connectivity index (χ4v) is 3.45. The minimum Gasteiger partial charge on any atom is -0.480 e. The quantitative estimate of drug-likeness (QED) is 0.918. The summed E-state index contributed by atoms with van der Waals surface area (Å²) in [4.78, 5) is 26.0. The van der Waals surface area contributed by atoms with Crippen molar-refractivity contribution in [3.63, 3.8) is 0 Å². The number of fused-ring (bicyclic) bond motifs is 1. The molecule has 1 aliphatic heterocycles. The largest absolute Gasteiger partial charge is 0.480 e. The third-order valence-electron chi connectivity index (χ3n) is 3.21. The zero-order chi connectivity index (χ0) is 14.0. The summed E-state index contributed by atoms with van der Waals surface area (Å²) in [7, 11) is 0. The van der Waals surface area contributed by atoms with Crippen molar-refractivity contribution in [2.24, 2.45) is 0 Å². The average Bonchev–Trinajstić information content (AvgIpc) is 2.78. The minimum absolute atomic E-state index is 0.0881. The van der Waals surface area contributed by atoms with E-state index in [1.165, 1.54) is 4.90 Å². The molecule has 0 fully saturated rings. The van der Waals surface area contributed by atoms with E-state index < -0.39 is 5.97 Å². The van der Waals surface area contributed by atoms with Crippen molar-refractivity contribution in [1.82, 2.24) is 4.90 Å². The maximum Gasteiger partial charge on any atom is 0.323 e. The molecule has 5 heteroatoms. The maximum absolute atomic E-state index is 12.5. The van der Waals surface area contributed by atoms with Crippen LogP contribution in [-0.2, 0) is 9.59 Å². The molecule has 1 heterocycles. The van der Waals surface area contributed by atoms with Gasteiger partial charge in [0.15, 0.2) is 0 Å². The van der Waals surface area contributed by atoms with Crippen molar-refractivity contribution >= 4 is 23.6 Å². The highest BCUT2D eigenvalue weighted by Gasteiger charge is 2.33. The highest BCUT2D eigenvalue weighted by Crippen LogP contribution is 2.40. The molecular weight excluding hydrogens is 262 g/mol. The zero-order valence-electron chi connectivity index (χ0n) is 11.0. The van der Waals surface area contributed by atoms with E-state index >= 15 is 0 Å². The van der Waals surface area contributed by atoms with Crippen LogP contribution in [0.15, 0.2) is 29.2 Å². The lowest BCUT2D eigenvalue weighted by Gasteiger charge is -2.27. The Hall–Kier alpha value is -1.49. The van der Waals surface area contributed by atoms with Gasteiger partial charge >= 0.3 is 5.97 Å². The van der Waals surface area contributed by atoms with Crippen LogP contribution in [0.2, 0.25) is 0 Å². The average molecular weight is 279 g/mol.